The largest absolute Gasteiger partial charge is 0.464 e. The van der Waals surface area contributed by atoms with E-state index in [1.54, 1.807) is 25.1 Å². The summed E-state index contributed by atoms with van der Waals surface area (Å²) in [6.45, 7) is 3.91. The fourth-order valence-corrected chi connectivity index (χ4v) is 3.99. The summed E-state index contributed by atoms with van der Waals surface area (Å²) in [7, 11) is 0. The fraction of sp³-hybridized carbons (Fsp3) is 0.0769. The minimum Gasteiger partial charge on any atom is -0.464 e. The average molecular weight is 426 g/mol. The van der Waals surface area contributed by atoms with Crippen LogP contribution in [0.2, 0.25) is 0 Å². The lowest BCUT2D eigenvalue weighted by atomic mass is 9.99. The number of aryl methyl sites for hydroxylation is 1. The Morgan fingerprint density at radius 1 is 0.469 bits per heavy atom. The molecule has 0 bridgehead atoms. The van der Waals surface area contributed by atoms with Gasteiger partial charge in [0.1, 0.15) is 23.0 Å². The maximum Gasteiger partial charge on any atom is 0.182 e. The van der Waals surface area contributed by atoms with E-state index in [4.69, 9.17) is 26.5 Å². The van der Waals surface area contributed by atoms with E-state index >= 15 is 0 Å². The molecule has 0 aliphatic heterocycles. The van der Waals surface area contributed by atoms with Gasteiger partial charge in [-0.15, -0.1) is 0 Å². The van der Waals surface area contributed by atoms with Crippen LogP contribution in [0.3, 0.4) is 0 Å². The van der Waals surface area contributed by atoms with Gasteiger partial charge in [0.15, 0.2) is 23.0 Å². The molecule has 6 aromatic heterocycles. The summed E-state index contributed by atoms with van der Waals surface area (Å²) >= 11 is 0. The minimum absolute atomic E-state index is 0.500. The standard InChI is InChI=1S/C26H18O6/c1-15-16(2)31-25(21(15)17-7-3-11-27-17)26-23(19-9-5-13-29-19)22(18-8-4-12-28-18)24(32-26)20-10-6-14-30-20/h3-14H,1-2H3. The van der Waals surface area contributed by atoms with Crippen molar-refractivity contribution in [1.82, 2.24) is 0 Å². The number of hydrogen-bond donors (Lipinski definition) is 0. The Morgan fingerprint density at radius 2 is 0.906 bits per heavy atom. The van der Waals surface area contributed by atoms with Crippen molar-refractivity contribution in [3.63, 3.8) is 0 Å². The van der Waals surface area contributed by atoms with E-state index in [0.717, 1.165) is 16.9 Å². The molecule has 0 unspecified atom stereocenters. The van der Waals surface area contributed by atoms with E-state index in [0.29, 0.717) is 51.4 Å². The van der Waals surface area contributed by atoms with Gasteiger partial charge in [-0.3, -0.25) is 0 Å². The van der Waals surface area contributed by atoms with Crippen LogP contribution in [0.5, 0.6) is 0 Å². The maximum atomic E-state index is 6.48. The van der Waals surface area contributed by atoms with Crippen molar-refractivity contribution in [3.05, 3.63) is 84.9 Å². The summed E-state index contributed by atoms with van der Waals surface area (Å²) in [6, 6.07) is 14.8. The second-order valence-electron chi connectivity index (χ2n) is 7.41. The van der Waals surface area contributed by atoms with Crippen LogP contribution in [0.4, 0.5) is 0 Å². The molecule has 0 aliphatic rings. The van der Waals surface area contributed by atoms with Gasteiger partial charge in [0.05, 0.1) is 41.7 Å². The van der Waals surface area contributed by atoms with Gasteiger partial charge in [0, 0.05) is 5.56 Å². The number of rotatable bonds is 5. The van der Waals surface area contributed by atoms with Crippen LogP contribution in [0.15, 0.2) is 100 Å². The highest BCUT2D eigenvalue weighted by Crippen LogP contribution is 2.51. The molecule has 6 heterocycles. The highest BCUT2D eigenvalue weighted by molar-refractivity contribution is 5.97. The first-order valence-electron chi connectivity index (χ1n) is 10.1. The minimum atomic E-state index is 0.500. The van der Waals surface area contributed by atoms with Gasteiger partial charge in [-0.05, 0) is 62.4 Å². The zero-order chi connectivity index (χ0) is 21.7. The van der Waals surface area contributed by atoms with Gasteiger partial charge >= 0.3 is 0 Å². The van der Waals surface area contributed by atoms with E-state index in [1.807, 2.05) is 62.4 Å². The summed E-state index contributed by atoms with van der Waals surface area (Å²) in [5.41, 5.74) is 3.21. The lowest BCUT2D eigenvalue weighted by molar-refractivity contribution is 0.496. The Balaban J connectivity index is 1.73. The molecule has 158 valence electrons. The Labute approximate surface area is 182 Å². The summed E-state index contributed by atoms with van der Waals surface area (Å²) < 4.78 is 35.8. The molecule has 6 aromatic rings. The van der Waals surface area contributed by atoms with Crippen molar-refractivity contribution >= 4 is 0 Å². The third kappa shape index (κ3) is 2.73. The molecule has 0 saturated carbocycles. The van der Waals surface area contributed by atoms with Crippen molar-refractivity contribution in [2.24, 2.45) is 0 Å². The van der Waals surface area contributed by atoms with Gasteiger partial charge in [-0.1, -0.05) is 0 Å². The molecule has 6 rings (SSSR count). The van der Waals surface area contributed by atoms with Crippen LogP contribution in [0.1, 0.15) is 11.3 Å². The summed E-state index contributed by atoms with van der Waals surface area (Å²) in [5.74, 6) is 4.83. The first kappa shape index (κ1) is 18.4. The SMILES string of the molecule is Cc1oc(-c2oc(-c3ccco3)c(-c3ccco3)c2-c2ccco2)c(-c2ccco2)c1C. The Bertz CT molecular complexity index is 1450. The molecule has 6 nitrogen and oxygen atoms in total. The molecule has 0 N–H and O–H groups in total. The van der Waals surface area contributed by atoms with Crippen LogP contribution < -0.4 is 0 Å². The fourth-order valence-electron chi connectivity index (χ4n) is 3.99. The third-order valence-electron chi connectivity index (χ3n) is 5.55. The van der Waals surface area contributed by atoms with Gasteiger partial charge in [0.2, 0.25) is 0 Å². The normalized spacial score (nSPS) is 11.4. The van der Waals surface area contributed by atoms with Crippen molar-refractivity contribution in [1.29, 1.82) is 0 Å². The molecule has 0 saturated heterocycles. The van der Waals surface area contributed by atoms with Gasteiger partial charge in [0.25, 0.3) is 0 Å². The predicted molar refractivity (Wildman–Crippen MR) is 117 cm³/mol. The first-order chi connectivity index (χ1) is 15.7. The van der Waals surface area contributed by atoms with Crippen LogP contribution in [-0.4, -0.2) is 0 Å². The topological polar surface area (TPSA) is 78.8 Å². The summed E-state index contributed by atoms with van der Waals surface area (Å²) in [5, 5.41) is 0. The number of hydrogen-bond acceptors (Lipinski definition) is 6. The van der Waals surface area contributed by atoms with Crippen molar-refractivity contribution in [3.8, 4) is 57.0 Å². The molecule has 0 aliphatic carbocycles. The van der Waals surface area contributed by atoms with Crippen molar-refractivity contribution in [2.75, 3.05) is 0 Å². The monoisotopic (exact) mass is 426 g/mol. The summed E-state index contributed by atoms with van der Waals surface area (Å²) in [6.07, 6.45) is 6.48. The molecule has 32 heavy (non-hydrogen) atoms. The first-order valence-corrected chi connectivity index (χ1v) is 10.1. The number of furan rings is 6. The van der Waals surface area contributed by atoms with E-state index in [1.165, 1.54) is 0 Å². The molecule has 0 radical (unpaired) electrons. The molecular formula is C26H18O6. The van der Waals surface area contributed by atoms with Gasteiger partial charge in [-0.25, -0.2) is 0 Å². The average Bonchev–Trinajstić information content (AvgIpc) is 3.63. The van der Waals surface area contributed by atoms with Crippen molar-refractivity contribution < 1.29 is 26.5 Å². The maximum absolute atomic E-state index is 6.48. The van der Waals surface area contributed by atoms with E-state index in [-0.39, 0.29) is 0 Å². The Morgan fingerprint density at radius 3 is 1.41 bits per heavy atom. The predicted octanol–water partition coefficient (Wildman–Crippen LogP) is 8.20. The van der Waals surface area contributed by atoms with Crippen molar-refractivity contribution in [2.45, 2.75) is 13.8 Å². The Hall–Kier alpha value is -4.32. The molecule has 0 atom stereocenters. The Kier molecular flexibility index (Phi) is 4.11. The van der Waals surface area contributed by atoms with E-state index in [9.17, 15) is 0 Å². The molecule has 0 amide bonds. The van der Waals surface area contributed by atoms with Gasteiger partial charge in [-0.2, -0.15) is 0 Å². The highest BCUT2D eigenvalue weighted by atomic mass is 16.4. The molecule has 0 aromatic carbocycles. The van der Waals surface area contributed by atoms with Crippen LogP contribution >= 0.6 is 0 Å². The zero-order valence-electron chi connectivity index (χ0n) is 17.4. The van der Waals surface area contributed by atoms with Crippen LogP contribution in [0, 0.1) is 13.8 Å². The lowest BCUT2D eigenvalue weighted by Crippen LogP contribution is -1.84. The smallest absolute Gasteiger partial charge is 0.182 e. The lowest BCUT2D eigenvalue weighted by Gasteiger charge is -2.03. The van der Waals surface area contributed by atoms with Gasteiger partial charge < -0.3 is 26.5 Å². The second-order valence-corrected chi connectivity index (χ2v) is 7.41. The van der Waals surface area contributed by atoms with Crippen LogP contribution in [-0.2, 0) is 0 Å². The van der Waals surface area contributed by atoms with E-state index < -0.39 is 0 Å². The second kappa shape index (κ2) is 7.13. The quantitative estimate of drug-likeness (QED) is 0.276. The summed E-state index contributed by atoms with van der Waals surface area (Å²) in [4.78, 5) is 0. The molecule has 6 heteroatoms. The van der Waals surface area contributed by atoms with Crippen LogP contribution in [0.25, 0.3) is 57.0 Å². The molecule has 0 spiro atoms. The zero-order valence-corrected chi connectivity index (χ0v) is 17.4. The molecular weight excluding hydrogens is 408 g/mol. The molecule has 0 fully saturated rings. The highest BCUT2D eigenvalue weighted by Gasteiger charge is 2.33. The van der Waals surface area contributed by atoms with E-state index in [2.05, 4.69) is 0 Å². The third-order valence-corrected chi connectivity index (χ3v) is 5.55.